The van der Waals surface area contributed by atoms with Gasteiger partial charge in [-0.3, -0.25) is 0 Å². The molecule has 4 heteroatoms. The van der Waals surface area contributed by atoms with Crippen molar-refractivity contribution in [2.75, 3.05) is 6.61 Å². The average Bonchev–Trinajstić information content (AvgIpc) is 2.63. The van der Waals surface area contributed by atoms with E-state index in [1.54, 1.807) is 6.92 Å². The van der Waals surface area contributed by atoms with Gasteiger partial charge >= 0.3 is 5.97 Å². The zero-order chi connectivity index (χ0) is 14.2. The molecular formula is C15H20O3Si. The summed E-state index contributed by atoms with van der Waals surface area (Å²) in [7, 11) is -1.75. The number of benzene rings is 1. The Morgan fingerprint density at radius 3 is 2.53 bits per heavy atom. The molecule has 0 aromatic heterocycles. The summed E-state index contributed by atoms with van der Waals surface area (Å²) < 4.78 is 5.12. The van der Waals surface area contributed by atoms with E-state index in [4.69, 9.17) is 4.74 Å². The van der Waals surface area contributed by atoms with Gasteiger partial charge in [-0.1, -0.05) is 43.9 Å². The molecule has 1 unspecified atom stereocenters. The quantitative estimate of drug-likeness (QED) is 0.682. The highest BCUT2D eigenvalue weighted by atomic mass is 28.3. The van der Waals surface area contributed by atoms with Crippen molar-refractivity contribution < 1.29 is 14.6 Å². The Bertz CT molecular complexity index is 541. The highest BCUT2D eigenvalue weighted by molar-refractivity contribution is 6.94. The lowest BCUT2D eigenvalue weighted by Gasteiger charge is -2.21. The minimum absolute atomic E-state index is 0.324. The van der Waals surface area contributed by atoms with E-state index in [9.17, 15) is 9.90 Å². The molecule has 1 aliphatic rings. The van der Waals surface area contributed by atoms with E-state index in [2.05, 4.69) is 19.6 Å². The molecule has 0 saturated heterocycles. The fourth-order valence-corrected chi connectivity index (χ4v) is 4.71. The Morgan fingerprint density at radius 1 is 1.32 bits per heavy atom. The molecule has 1 aromatic rings. The molecule has 0 radical (unpaired) electrons. The largest absolute Gasteiger partial charge is 0.463 e. The molecule has 19 heavy (non-hydrogen) atoms. The molecule has 2 rings (SSSR count). The Kier molecular flexibility index (Phi) is 3.65. The molecule has 102 valence electrons. The lowest BCUT2D eigenvalue weighted by molar-refractivity contribution is -0.139. The number of carbonyl (C=O) groups excluding carboxylic acids is 1. The van der Waals surface area contributed by atoms with E-state index < -0.39 is 14.2 Å². The summed E-state index contributed by atoms with van der Waals surface area (Å²) >= 11 is 0. The van der Waals surface area contributed by atoms with Crippen LogP contribution in [-0.4, -0.2) is 25.8 Å². The Morgan fingerprint density at radius 2 is 1.95 bits per heavy atom. The van der Waals surface area contributed by atoms with Gasteiger partial charge in [-0.05, 0) is 23.2 Å². The van der Waals surface area contributed by atoms with Crippen LogP contribution in [0.4, 0.5) is 0 Å². The third-order valence-corrected chi connectivity index (χ3v) is 5.35. The molecule has 0 aliphatic heterocycles. The Hall–Kier alpha value is -1.39. The van der Waals surface area contributed by atoms with Crippen molar-refractivity contribution >= 4 is 19.2 Å². The summed E-state index contributed by atoms with van der Waals surface area (Å²) in [6.45, 7) is 8.63. The number of rotatable bonds is 3. The van der Waals surface area contributed by atoms with Gasteiger partial charge in [0.2, 0.25) is 0 Å². The van der Waals surface area contributed by atoms with Gasteiger partial charge in [0, 0.05) is 0 Å². The predicted molar refractivity (Wildman–Crippen MR) is 78.3 cm³/mol. The van der Waals surface area contributed by atoms with Crippen LogP contribution in [0.3, 0.4) is 0 Å². The van der Waals surface area contributed by atoms with Crippen LogP contribution in [0.5, 0.6) is 0 Å². The maximum absolute atomic E-state index is 12.2. The van der Waals surface area contributed by atoms with Crippen LogP contribution >= 0.6 is 0 Å². The second-order valence-corrected chi connectivity index (χ2v) is 10.7. The van der Waals surface area contributed by atoms with Gasteiger partial charge in [-0.25, -0.2) is 4.79 Å². The molecule has 0 spiro atoms. The minimum Gasteiger partial charge on any atom is -0.463 e. The molecule has 3 nitrogen and oxygen atoms in total. The zero-order valence-electron chi connectivity index (χ0n) is 11.9. The first-order valence-electron chi connectivity index (χ1n) is 6.57. The number of carbonyl (C=O) groups is 1. The van der Waals surface area contributed by atoms with Crippen LogP contribution in [0.15, 0.2) is 29.8 Å². The Labute approximate surface area is 114 Å². The smallest absolute Gasteiger partial charge is 0.336 e. The van der Waals surface area contributed by atoms with E-state index in [0.717, 1.165) is 16.3 Å². The summed E-state index contributed by atoms with van der Waals surface area (Å²) in [5.41, 5.74) is 2.28. The van der Waals surface area contributed by atoms with Crippen molar-refractivity contribution in [3.8, 4) is 0 Å². The second-order valence-electron chi connectivity index (χ2n) is 5.75. The fraction of sp³-hybridized carbons (Fsp3) is 0.400. The van der Waals surface area contributed by atoms with Crippen LogP contribution in [0.2, 0.25) is 19.6 Å². The molecule has 1 aliphatic carbocycles. The minimum atomic E-state index is -1.75. The van der Waals surface area contributed by atoms with E-state index >= 15 is 0 Å². The molecule has 1 atom stereocenters. The first-order valence-corrected chi connectivity index (χ1v) is 10.1. The number of hydrogen-bond donors (Lipinski definition) is 1. The number of aliphatic hydroxyl groups is 1. The molecule has 0 fully saturated rings. The van der Waals surface area contributed by atoms with Crippen molar-refractivity contribution in [2.45, 2.75) is 32.7 Å². The number of fused-ring (bicyclic) bond motifs is 1. The molecule has 0 heterocycles. The lowest BCUT2D eigenvalue weighted by atomic mass is 10.1. The van der Waals surface area contributed by atoms with Crippen molar-refractivity contribution in [1.82, 2.24) is 0 Å². The molecule has 0 bridgehead atoms. The second kappa shape index (κ2) is 4.94. The summed E-state index contributed by atoms with van der Waals surface area (Å²) in [6.07, 6.45) is -0.850. The number of aliphatic hydroxyl groups excluding tert-OH is 1. The summed E-state index contributed by atoms with van der Waals surface area (Å²) in [5, 5.41) is 11.5. The SMILES string of the molecule is CCOC(=O)C1=C([Si](C)(C)C)c2ccccc2C1O. The van der Waals surface area contributed by atoms with Gasteiger partial charge in [0.1, 0.15) is 6.10 Å². The van der Waals surface area contributed by atoms with Gasteiger partial charge in [0.15, 0.2) is 0 Å². The molecule has 1 aromatic carbocycles. The van der Waals surface area contributed by atoms with Crippen LogP contribution in [0.25, 0.3) is 5.20 Å². The fourth-order valence-electron chi connectivity index (χ4n) is 2.63. The van der Waals surface area contributed by atoms with Crippen LogP contribution in [0.1, 0.15) is 24.2 Å². The monoisotopic (exact) mass is 276 g/mol. The van der Waals surface area contributed by atoms with Crippen molar-refractivity contribution in [3.05, 3.63) is 41.0 Å². The average molecular weight is 276 g/mol. The summed E-state index contributed by atoms with van der Waals surface area (Å²) in [4.78, 5) is 12.2. The van der Waals surface area contributed by atoms with E-state index in [0.29, 0.717) is 12.2 Å². The van der Waals surface area contributed by atoms with Crippen molar-refractivity contribution in [3.63, 3.8) is 0 Å². The third kappa shape index (κ3) is 2.38. The molecule has 1 N–H and O–H groups in total. The van der Waals surface area contributed by atoms with Crippen LogP contribution < -0.4 is 0 Å². The van der Waals surface area contributed by atoms with Crippen LogP contribution in [0, 0.1) is 0 Å². The molecule has 0 amide bonds. The Balaban J connectivity index is 2.62. The topological polar surface area (TPSA) is 46.5 Å². The number of ether oxygens (including phenoxy) is 1. The van der Waals surface area contributed by atoms with Crippen LogP contribution in [-0.2, 0) is 9.53 Å². The maximum Gasteiger partial charge on any atom is 0.336 e. The number of hydrogen-bond acceptors (Lipinski definition) is 3. The summed E-state index contributed by atoms with van der Waals surface area (Å²) in [5.74, 6) is -0.386. The zero-order valence-corrected chi connectivity index (χ0v) is 12.9. The highest BCUT2D eigenvalue weighted by Gasteiger charge is 2.39. The normalized spacial score (nSPS) is 18.5. The molecule has 0 saturated carbocycles. The lowest BCUT2D eigenvalue weighted by Crippen LogP contribution is -2.25. The highest BCUT2D eigenvalue weighted by Crippen LogP contribution is 2.44. The van der Waals surface area contributed by atoms with Gasteiger partial charge in [0.25, 0.3) is 0 Å². The maximum atomic E-state index is 12.2. The van der Waals surface area contributed by atoms with E-state index in [1.165, 1.54) is 0 Å². The first-order chi connectivity index (χ1) is 8.88. The van der Waals surface area contributed by atoms with Gasteiger partial charge in [0.05, 0.1) is 20.3 Å². The number of esters is 1. The van der Waals surface area contributed by atoms with Gasteiger partial charge in [-0.15, -0.1) is 0 Å². The summed E-state index contributed by atoms with van der Waals surface area (Å²) in [6, 6.07) is 7.70. The van der Waals surface area contributed by atoms with Gasteiger partial charge < -0.3 is 9.84 Å². The van der Waals surface area contributed by atoms with Crippen molar-refractivity contribution in [2.24, 2.45) is 0 Å². The first kappa shape index (κ1) is 14.0. The van der Waals surface area contributed by atoms with E-state index in [-0.39, 0.29) is 5.97 Å². The van der Waals surface area contributed by atoms with E-state index in [1.807, 2.05) is 24.3 Å². The standard InChI is InChI=1S/C15H20O3Si/c1-5-18-15(17)12-13(16)10-8-6-7-9-11(10)14(12)19(2,3)4/h6-9,13,16H,5H2,1-4H3. The predicted octanol–water partition coefficient (Wildman–Crippen LogP) is 2.93. The molecular weight excluding hydrogens is 256 g/mol. The van der Waals surface area contributed by atoms with Crippen molar-refractivity contribution in [1.29, 1.82) is 0 Å². The van der Waals surface area contributed by atoms with Gasteiger partial charge in [-0.2, -0.15) is 0 Å². The third-order valence-electron chi connectivity index (χ3n) is 3.31.